The van der Waals surface area contributed by atoms with E-state index in [-0.39, 0.29) is 0 Å². The number of anilines is 1. The fraction of sp³-hybridized carbons (Fsp3) is 0.500. The molecule has 1 heterocycles. The topological polar surface area (TPSA) is 48.1 Å². The van der Waals surface area contributed by atoms with Crippen LogP contribution in [0.2, 0.25) is 0 Å². The first kappa shape index (κ1) is 13.7. The van der Waals surface area contributed by atoms with Crippen molar-refractivity contribution in [3.05, 3.63) is 28.0 Å². The molecule has 0 fully saturated rings. The Hall–Kier alpha value is -1.35. The second-order valence-electron chi connectivity index (χ2n) is 4.39. The molecule has 0 saturated heterocycles. The zero-order chi connectivity index (χ0) is 13.0. The van der Waals surface area contributed by atoms with Crippen LogP contribution in [0.4, 0.5) is 5.82 Å². The number of nitrogens with two attached hydrogens (primary N) is 1. The van der Waals surface area contributed by atoms with Gasteiger partial charge in [-0.1, -0.05) is 12.5 Å². The van der Waals surface area contributed by atoms with Crippen LogP contribution in [0.5, 0.6) is 0 Å². The second kappa shape index (κ2) is 5.82. The average Bonchev–Trinajstić information content (AvgIpc) is 2.31. The highest BCUT2D eigenvalue weighted by Gasteiger charge is 2.11. The summed E-state index contributed by atoms with van der Waals surface area (Å²) in [5.74, 6) is 0.574. The van der Waals surface area contributed by atoms with Crippen LogP contribution in [0.1, 0.15) is 42.7 Å². The summed E-state index contributed by atoms with van der Waals surface area (Å²) in [4.78, 5) is 4.46. The second-order valence-corrected chi connectivity index (χ2v) is 4.39. The highest BCUT2D eigenvalue weighted by Crippen LogP contribution is 2.23. The summed E-state index contributed by atoms with van der Waals surface area (Å²) in [7, 11) is 1.67. The van der Waals surface area contributed by atoms with E-state index in [1.165, 1.54) is 16.7 Å². The van der Waals surface area contributed by atoms with Gasteiger partial charge in [0.25, 0.3) is 0 Å². The van der Waals surface area contributed by atoms with Gasteiger partial charge in [0.1, 0.15) is 5.82 Å². The molecule has 1 aromatic heterocycles. The van der Waals surface area contributed by atoms with Crippen molar-refractivity contribution in [2.45, 2.75) is 40.7 Å². The van der Waals surface area contributed by atoms with Crippen LogP contribution in [-0.4, -0.2) is 12.1 Å². The van der Waals surface area contributed by atoms with Crippen molar-refractivity contribution in [3.63, 3.8) is 0 Å². The Morgan fingerprint density at radius 2 is 2.00 bits per heavy atom. The van der Waals surface area contributed by atoms with Gasteiger partial charge in [-0.3, -0.25) is 0 Å². The molecule has 3 heteroatoms. The number of nitrogens with zero attached hydrogens (tertiary/aromatic N) is 1. The van der Waals surface area contributed by atoms with E-state index in [9.17, 15) is 0 Å². The summed E-state index contributed by atoms with van der Waals surface area (Å²) >= 11 is 0. The molecule has 1 rings (SSSR count). The number of ether oxygens (including phenoxy) is 1. The molecular formula is C14H22N2O. The first-order chi connectivity index (χ1) is 8.01. The Balaban J connectivity index is 3.29. The molecule has 0 spiro atoms. The SMILES string of the molecule is CC/C(C)=C/c1nc(N)c(COC)c(C)c1C. The lowest BCUT2D eigenvalue weighted by Gasteiger charge is -2.13. The number of hydrogen-bond acceptors (Lipinski definition) is 3. The summed E-state index contributed by atoms with van der Waals surface area (Å²) < 4.78 is 5.15. The largest absolute Gasteiger partial charge is 0.383 e. The first-order valence-electron chi connectivity index (χ1n) is 5.92. The Morgan fingerprint density at radius 1 is 1.35 bits per heavy atom. The normalized spacial score (nSPS) is 11.9. The molecule has 3 nitrogen and oxygen atoms in total. The molecule has 0 atom stereocenters. The predicted molar refractivity (Wildman–Crippen MR) is 72.8 cm³/mol. The third kappa shape index (κ3) is 3.07. The van der Waals surface area contributed by atoms with Gasteiger partial charge >= 0.3 is 0 Å². The van der Waals surface area contributed by atoms with Crippen LogP contribution in [0.25, 0.3) is 6.08 Å². The summed E-state index contributed by atoms with van der Waals surface area (Å²) in [6, 6.07) is 0. The Bertz CT molecular complexity index is 436. The number of allylic oxidation sites excluding steroid dienone is 1. The van der Waals surface area contributed by atoms with Crippen molar-refractivity contribution in [1.29, 1.82) is 0 Å². The molecule has 0 aliphatic heterocycles. The van der Waals surface area contributed by atoms with Crippen LogP contribution in [0.15, 0.2) is 5.57 Å². The summed E-state index contributed by atoms with van der Waals surface area (Å²) in [6.07, 6.45) is 3.13. The maximum atomic E-state index is 5.97. The summed E-state index contributed by atoms with van der Waals surface area (Å²) in [5, 5.41) is 0. The standard InChI is InChI=1S/C14H22N2O/c1-6-9(2)7-13-11(4)10(3)12(8-17-5)14(15)16-13/h7H,6,8H2,1-5H3,(H2,15,16)/b9-7+. The molecule has 94 valence electrons. The van der Waals surface area contributed by atoms with Gasteiger partial charge in [0, 0.05) is 12.7 Å². The van der Waals surface area contributed by atoms with E-state index in [4.69, 9.17) is 10.5 Å². The van der Waals surface area contributed by atoms with Crippen molar-refractivity contribution in [3.8, 4) is 0 Å². The van der Waals surface area contributed by atoms with E-state index < -0.39 is 0 Å². The van der Waals surface area contributed by atoms with Gasteiger partial charge in [-0.25, -0.2) is 4.98 Å². The average molecular weight is 234 g/mol. The van der Waals surface area contributed by atoms with Crippen molar-refractivity contribution < 1.29 is 4.74 Å². The van der Waals surface area contributed by atoms with Crippen LogP contribution in [-0.2, 0) is 11.3 Å². The maximum Gasteiger partial charge on any atom is 0.129 e. The van der Waals surface area contributed by atoms with Gasteiger partial charge in [0.15, 0.2) is 0 Å². The first-order valence-corrected chi connectivity index (χ1v) is 5.92. The van der Waals surface area contributed by atoms with Crippen molar-refractivity contribution in [2.75, 3.05) is 12.8 Å². The fourth-order valence-corrected chi connectivity index (χ4v) is 1.69. The third-order valence-corrected chi connectivity index (χ3v) is 3.18. The predicted octanol–water partition coefficient (Wildman–Crippen LogP) is 3.24. The van der Waals surface area contributed by atoms with Crippen molar-refractivity contribution >= 4 is 11.9 Å². The van der Waals surface area contributed by atoms with Crippen LogP contribution >= 0.6 is 0 Å². The highest BCUT2D eigenvalue weighted by atomic mass is 16.5. The zero-order valence-electron chi connectivity index (χ0n) is 11.4. The van der Waals surface area contributed by atoms with Crippen LogP contribution in [0.3, 0.4) is 0 Å². The van der Waals surface area contributed by atoms with Gasteiger partial charge < -0.3 is 10.5 Å². The minimum Gasteiger partial charge on any atom is -0.383 e. The molecular weight excluding hydrogens is 212 g/mol. The van der Waals surface area contributed by atoms with E-state index in [1.807, 2.05) is 0 Å². The number of aromatic nitrogens is 1. The van der Waals surface area contributed by atoms with Crippen molar-refractivity contribution in [2.24, 2.45) is 0 Å². The number of pyridine rings is 1. The lowest BCUT2D eigenvalue weighted by molar-refractivity contribution is 0.184. The quantitative estimate of drug-likeness (QED) is 0.870. The monoisotopic (exact) mass is 234 g/mol. The Kier molecular flexibility index (Phi) is 4.70. The van der Waals surface area contributed by atoms with Crippen molar-refractivity contribution in [1.82, 2.24) is 4.98 Å². The number of hydrogen-bond donors (Lipinski definition) is 1. The Labute approximate surface area is 104 Å². The summed E-state index contributed by atoms with van der Waals surface area (Å²) in [5.41, 5.74) is 11.6. The van der Waals surface area contributed by atoms with Crippen LogP contribution in [0, 0.1) is 13.8 Å². The van der Waals surface area contributed by atoms with E-state index in [1.54, 1.807) is 7.11 Å². The van der Waals surface area contributed by atoms with Gasteiger partial charge in [0.05, 0.1) is 12.3 Å². The molecule has 17 heavy (non-hydrogen) atoms. The molecule has 0 aromatic carbocycles. The van der Waals surface area contributed by atoms with Gasteiger partial charge in [-0.05, 0) is 44.4 Å². The van der Waals surface area contributed by atoms with E-state index in [0.717, 1.165) is 17.7 Å². The summed E-state index contributed by atoms with van der Waals surface area (Å²) in [6.45, 7) is 8.91. The number of nitrogen functional groups attached to an aromatic ring is 1. The molecule has 0 aliphatic rings. The molecule has 2 N–H and O–H groups in total. The van der Waals surface area contributed by atoms with Gasteiger partial charge in [-0.15, -0.1) is 0 Å². The zero-order valence-corrected chi connectivity index (χ0v) is 11.4. The Morgan fingerprint density at radius 3 is 2.53 bits per heavy atom. The number of rotatable bonds is 4. The molecule has 0 bridgehead atoms. The lowest BCUT2D eigenvalue weighted by atomic mass is 10.0. The van der Waals surface area contributed by atoms with Crippen LogP contribution < -0.4 is 5.73 Å². The lowest BCUT2D eigenvalue weighted by Crippen LogP contribution is -2.06. The van der Waals surface area contributed by atoms with E-state index in [0.29, 0.717) is 12.4 Å². The van der Waals surface area contributed by atoms with E-state index >= 15 is 0 Å². The van der Waals surface area contributed by atoms with E-state index in [2.05, 4.69) is 38.8 Å². The molecule has 0 saturated carbocycles. The molecule has 0 unspecified atom stereocenters. The maximum absolute atomic E-state index is 5.97. The fourth-order valence-electron chi connectivity index (χ4n) is 1.69. The highest BCUT2D eigenvalue weighted by molar-refractivity contribution is 5.60. The molecule has 1 aromatic rings. The van der Waals surface area contributed by atoms with Gasteiger partial charge in [0.2, 0.25) is 0 Å². The molecule has 0 amide bonds. The minimum absolute atomic E-state index is 0.516. The molecule has 0 radical (unpaired) electrons. The smallest absolute Gasteiger partial charge is 0.129 e. The number of methoxy groups -OCH3 is 1. The molecule has 0 aliphatic carbocycles. The minimum atomic E-state index is 0.516. The third-order valence-electron chi connectivity index (χ3n) is 3.18. The van der Waals surface area contributed by atoms with Gasteiger partial charge in [-0.2, -0.15) is 0 Å².